The predicted molar refractivity (Wildman–Crippen MR) is 62.4 cm³/mol. The molecule has 1 N–H and O–H groups in total. The zero-order valence-electron chi connectivity index (χ0n) is 10.5. The van der Waals surface area contributed by atoms with Gasteiger partial charge < -0.3 is 9.84 Å². The fourth-order valence-corrected chi connectivity index (χ4v) is 2.15. The molecule has 0 aliphatic heterocycles. The molecule has 0 spiro atoms. The van der Waals surface area contributed by atoms with Gasteiger partial charge in [0.1, 0.15) is 0 Å². The van der Waals surface area contributed by atoms with E-state index in [9.17, 15) is 0 Å². The van der Waals surface area contributed by atoms with Crippen LogP contribution in [0, 0.1) is 5.92 Å². The van der Waals surface area contributed by atoms with E-state index in [1.807, 2.05) is 7.05 Å². The van der Waals surface area contributed by atoms with Gasteiger partial charge in [-0.2, -0.15) is 4.98 Å². The molecule has 1 fully saturated rings. The molecule has 0 saturated heterocycles. The molecule has 1 aliphatic carbocycles. The number of hydrogen-bond donors (Lipinski definition) is 1. The Kier molecular flexibility index (Phi) is 3.28. The van der Waals surface area contributed by atoms with Gasteiger partial charge in [-0.1, -0.05) is 19.0 Å². The summed E-state index contributed by atoms with van der Waals surface area (Å²) in [5.41, 5.74) is 0. The van der Waals surface area contributed by atoms with Crippen molar-refractivity contribution in [3.8, 4) is 0 Å². The van der Waals surface area contributed by atoms with Gasteiger partial charge in [-0.25, -0.2) is 0 Å². The lowest BCUT2D eigenvalue weighted by Gasteiger charge is -2.23. The van der Waals surface area contributed by atoms with Gasteiger partial charge in [-0.05, 0) is 32.7 Å². The molecule has 1 aromatic heterocycles. The minimum absolute atomic E-state index is 0.296. The van der Waals surface area contributed by atoms with E-state index in [-0.39, 0.29) is 0 Å². The van der Waals surface area contributed by atoms with Gasteiger partial charge in [-0.3, -0.25) is 0 Å². The highest BCUT2D eigenvalue weighted by atomic mass is 16.5. The normalized spacial score (nSPS) is 20.1. The molecule has 0 aromatic carbocycles. The summed E-state index contributed by atoms with van der Waals surface area (Å²) in [6.07, 6.45) is 2.43. The van der Waals surface area contributed by atoms with Crippen LogP contribution in [0.3, 0.4) is 0 Å². The van der Waals surface area contributed by atoms with E-state index < -0.39 is 0 Å². The SMILES string of the molecule is CNC(C)C(c1nc(C2CC2)no1)C(C)C. The molecule has 1 aromatic rings. The van der Waals surface area contributed by atoms with E-state index in [0.717, 1.165) is 11.7 Å². The van der Waals surface area contributed by atoms with Crippen LogP contribution in [-0.4, -0.2) is 23.2 Å². The van der Waals surface area contributed by atoms with Crippen molar-refractivity contribution in [3.63, 3.8) is 0 Å². The second-order valence-corrected chi connectivity index (χ2v) is 5.11. The largest absolute Gasteiger partial charge is 0.339 e. The molecule has 2 atom stereocenters. The van der Waals surface area contributed by atoms with Crippen LogP contribution in [0.4, 0.5) is 0 Å². The molecule has 0 amide bonds. The fourth-order valence-electron chi connectivity index (χ4n) is 2.15. The van der Waals surface area contributed by atoms with Crippen molar-refractivity contribution in [1.29, 1.82) is 0 Å². The van der Waals surface area contributed by atoms with Crippen molar-refractivity contribution in [2.75, 3.05) is 7.05 Å². The summed E-state index contributed by atoms with van der Waals surface area (Å²) in [7, 11) is 1.97. The van der Waals surface area contributed by atoms with Crippen molar-refractivity contribution in [1.82, 2.24) is 15.5 Å². The Morgan fingerprint density at radius 2 is 2.00 bits per heavy atom. The van der Waals surface area contributed by atoms with E-state index in [0.29, 0.717) is 23.8 Å². The highest BCUT2D eigenvalue weighted by Gasteiger charge is 2.32. The van der Waals surface area contributed by atoms with Crippen LogP contribution in [0.15, 0.2) is 4.52 Å². The Bertz CT molecular complexity index is 344. The summed E-state index contributed by atoms with van der Waals surface area (Å²) in [6, 6.07) is 0.354. The Labute approximate surface area is 96.8 Å². The topological polar surface area (TPSA) is 51.0 Å². The number of hydrogen-bond acceptors (Lipinski definition) is 4. The molecular formula is C12H21N3O. The van der Waals surface area contributed by atoms with Crippen LogP contribution in [0.25, 0.3) is 0 Å². The standard InChI is InChI=1S/C12H21N3O/c1-7(2)10(8(3)13-4)12-14-11(15-16-12)9-5-6-9/h7-10,13H,5-6H2,1-4H3. The predicted octanol–water partition coefficient (Wildman–Crippen LogP) is 2.29. The molecule has 2 unspecified atom stereocenters. The summed E-state index contributed by atoms with van der Waals surface area (Å²) in [5.74, 6) is 3.05. The third-order valence-corrected chi connectivity index (χ3v) is 3.40. The second kappa shape index (κ2) is 4.53. The lowest BCUT2D eigenvalue weighted by Crippen LogP contribution is -2.32. The second-order valence-electron chi connectivity index (χ2n) is 5.11. The maximum absolute atomic E-state index is 5.41. The third kappa shape index (κ3) is 2.26. The Morgan fingerprint density at radius 1 is 1.31 bits per heavy atom. The van der Waals surface area contributed by atoms with Crippen molar-refractivity contribution in [2.45, 2.75) is 51.5 Å². The van der Waals surface area contributed by atoms with Crippen LogP contribution < -0.4 is 5.32 Å². The van der Waals surface area contributed by atoms with Gasteiger partial charge in [0.05, 0.1) is 5.92 Å². The van der Waals surface area contributed by atoms with Crippen LogP contribution in [-0.2, 0) is 0 Å². The van der Waals surface area contributed by atoms with Crippen molar-refractivity contribution in [3.05, 3.63) is 11.7 Å². The highest BCUT2D eigenvalue weighted by Crippen LogP contribution is 2.39. The maximum Gasteiger partial charge on any atom is 0.231 e. The van der Waals surface area contributed by atoms with Gasteiger partial charge >= 0.3 is 0 Å². The Morgan fingerprint density at radius 3 is 2.50 bits per heavy atom. The molecule has 1 aliphatic rings. The number of nitrogens with zero attached hydrogens (tertiary/aromatic N) is 2. The first-order valence-corrected chi connectivity index (χ1v) is 6.14. The monoisotopic (exact) mass is 223 g/mol. The number of nitrogens with one attached hydrogen (secondary N) is 1. The fraction of sp³-hybridized carbons (Fsp3) is 0.833. The van der Waals surface area contributed by atoms with Gasteiger partial charge in [0.2, 0.25) is 5.89 Å². The van der Waals surface area contributed by atoms with E-state index in [1.54, 1.807) is 0 Å². The summed E-state index contributed by atoms with van der Waals surface area (Å²) < 4.78 is 5.41. The van der Waals surface area contributed by atoms with Gasteiger partial charge in [0, 0.05) is 12.0 Å². The van der Waals surface area contributed by atoms with Crippen LogP contribution in [0.2, 0.25) is 0 Å². The lowest BCUT2D eigenvalue weighted by molar-refractivity contribution is 0.284. The quantitative estimate of drug-likeness (QED) is 0.832. The summed E-state index contributed by atoms with van der Waals surface area (Å²) in [4.78, 5) is 4.55. The van der Waals surface area contributed by atoms with E-state index >= 15 is 0 Å². The van der Waals surface area contributed by atoms with E-state index in [4.69, 9.17) is 4.52 Å². The first-order valence-electron chi connectivity index (χ1n) is 6.14. The van der Waals surface area contributed by atoms with Gasteiger partial charge in [0.25, 0.3) is 0 Å². The molecule has 90 valence electrons. The molecular weight excluding hydrogens is 202 g/mol. The molecule has 0 bridgehead atoms. The molecule has 0 radical (unpaired) electrons. The first-order chi connectivity index (χ1) is 7.63. The summed E-state index contributed by atoms with van der Waals surface area (Å²) >= 11 is 0. The number of likely N-dealkylation sites (N-methyl/N-ethyl adjacent to an activating group) is 1. The third-order valence-electron chi connectivity index (χ3n) is 3.40. The van der Waals surface area contributed by atoms with Crippen LogP contribution in [0.5, 0.6) is 0 Å². The molecule has 1 heterocycles. The molecule has 2 rings (SSSR count). The van der Waals surface area contributed by atoms with Crippen molar-refractivity contribution >= 4 is 0 Å². The van der Waals surface area contributed by atoms with Crippen molar-refractivity contribution in [2.24, 2.45) is 5.92 Å². The maximum atomic E-state index is 5.41. The lowest BCUT2D eigenvalue weighted by atomic mass is 9.89. The molecule has 16 heavy (non-hydrogen) atoms. The summed E-state index contributed by atoms with van der Waals surface area (Å²) in [5, 5.41) is 7.36. The zero-order valence-corrected chi connectivity index (χ0v) is 10.5. The van der Waals surface area contributed by atoms with E-state index in [2.05, 4.69) is 36.2 Å². The van der Waals surface area contributed by atoms with Gasteiger partial charge in [0.15, 0.2) is 5.82 Å². The number of aromatic nitrogens is 2. The summed E-state index contributed by atoms with van der Waals surface area (Å²) in [6.45, 7) is 6.55. The van der Waals surface area contributed by atoms with Crippen LogP contribution in [0.1, 0.15) is 57.2 Å². The minimum Gasteiger partial charge on any atom is -0.339 e. The Hall–Kier alpha value is -0.900. The number of rotatable bonds is 5. The first kappa shape index (κ1) is 11.6. The molecule has 4 nitrogen and oxygen atoms in total. The minimum atomic E-state index is 0.296. The smallest absolute Gasteiger partial charge is 0.231 e. The van der Waals surface area contributed by atoms with E-state index in [1.165, 1.54) is 12.8 Å². The molecule has 4 heteroatoms. The zero-order chi connectivity index (χ0) is 11.7. The van der Waals surface area contributed by atoms with Crippen LogP contribution >= 0.6 is 0 Å². The molecule has 1 saturated carbocycles. The average molecular weight is 223 g/mol. The highest BCUT2D eigenvalue weighted by molar-refractivity contribution is 5.07. The average Bonchev–Trinajstić information content (AvgIpc) is 2.99. The van der Waals surface area contributed by atoms with Crippen molar-refractivity contribution < 1.29 is 4.52 Å². The Balaban J connectivity index is 2.16. The van der Waals surface area contributed by atoms with Gasteiger partial charge in [-0.15, -0.1) is 0 Å².